The van der Waals surface area contributed by atoms with Gasteiger partial charge in [0.05, 0.1) is 11.1 Å². The van der Waals surface area contributed by atoms with Crippen molar-refractivity contribution >= 4 is 22.8 Å². The van der Waals surface area contributed by atoms with Crippen molar-refractivity contribution in [3.05, 3.63) is 96.2 Å². The minimum atomic E-state index is -0.891. The van der Waals surface area contributed by atoms with Gasteiger partial charge in [0.2, 0.25) is 11.8 Å². The normalized spacial score (nSPS) is 13.7. The van der Waals surface area contributed by atoms with Crippen molar-refractivity contribution in [2.24, 2.45) is 7.05 Å². The van der Waals surface area contributed by atoms with Gasteiger partial charge in [-0.3, -0.25) is 4.68 Å². The Kier molecular flexibility index (Phi) is 8.08. The average molecular weight is 579 g/mol. The number of fused-ring (bicyclic) bond motifs is 1. The summed E-state index contributed by atoms with van der Waals surface area (Å²) in [6.07, 6.45) is 2.47. The molecule has 2 aromatic carbocycles. The topological polar surface area (TPSA) is 106 Å². The predicted molar refractivity (Wildman–Crippen MR) is 164 cm³/mol. The summed E-state index contributed by atoms with van der Waals surface area (Å²) in [7, 11) is 3.55. The molecule has 0 unspecified atom stereocenters. The molecule has 1 aliphatic rings. The van der Waals surface area contributed by atoms with Crippen LogP contribution in [0.4, 0.5) is 10.6 Å². The Morgan fingerprint density at radius 1 is 0.953 bits per heavy atom. The second-order valence-corrected chi connectivity index (χ2v) is 10.7. The molecule has 0 bridgehead atoms. The van der Waals surface area contributed by atoms with Crippen molar-refractivity contribution < 1.29 is 19.4 Å². The largest absolute Gasteiger partial charge is 0.473 e. The fourth-order valence-corrected chi connectivity index (χ4v) is 5.40. The van der Waals surface area contributed by atoms with E-state index in [1.54, 1.807) is 7.05 Å². The van der Waals surface area contributed by atoms with Gasteiger partial charge in [0.1, 0.15) is 24.7 Å². The first-order valence-electron chi connectivity index (χ1n) is 14.3. The van der Waals surface area contributed by atoms with Crippen LogP contribution < -0.4 is 14.4 Å². The Bertz CT molecular complexity index is 1700. The van der Waals surface area contributed by atoms with Crippen LogP contribution in [0.5, 0.6) is 11.8 Å². The molecule has 1 saturated heterocycles. The van der Waals surface area contributed by atoms with Gasteiger partial charge in [-0.15, -0.1) is 0 Å². The molecule has 0 radical (unpaired) electrons. The molecule has 4 heterocycles. The zero-order valence-corrected chi connectivity index (χ0v) is 24.3. The number of rotatable bonds is 9. The van der Waals surface area contributed by atoms with Crippen LogP contribution in [-0.2, 0) is 20.3 Å². The van der Waals surface area contributed by atoms with Crippen LogP contribution >= 0.6 is 0 Å². The van der Waals surface area contributed by atoms with E-state index in [2.05, 4.69) is 4.90 Å². The maximum absolute atomic E-state index is 11.4. The molecule has 10 heteroatoms. The highest BCUT2D eigenvalue weighted by Crippen LogP contribution is 2.36. The Morgan fingerprint density at radius 2 is 1.60 bits per heavy atom. The highest BCUT2D eigenvalue weighted by molar-refractivity contribution is 5.95. The number of piperidine rings is 1. The van der Waals surface area contributed by atoms with Crippen molar-refractivity contribution in [3.8, 4) is 23.0 Å². The van der Waals surface area contributed by atoms with Crippen LogP contribution in [0.2, 0.25) is 0 Å². The number of aromatic nitrogens is 4. The number of aryl methyl sites for hydroxylation is 1. The number of benzene rings is 2. The standard InChI is InChI=1S/C33H34N6O4/c1-37(33(40)41)25-15-17-39(18-16-25)29-19-28-27(20-34-29)31(36-38(28)2)26-13-14-30(42-21-23-9-5-3-6-10-23)35-32(26)43-22-24-11-7-4-8-12-24/h3-14,19-20,25H,15-18,21-22H2,1-2H3,(H,40,41). The van der Waals surface area contributed by atoms with Crippen molar-refractivity contribution in [2.75, 3.05) is 25.0 Å². The molecule has 1 amide bonds. The van der Waals surface area contributed by atoms with Crippen LogP contribution in [0.25, 0.3) is 22.2 Å². The second-order valence-electron chi connectivity index (χ2n) is 10.7. The quantitative estimate of drug-likeness (QED) is 0.235. The summed E-state index contributed by atoms with van der Waals surface area (Å²) in [5.74, 6) is 1.75. The number of carboxylic acid groups (broad SMARTS) is 1. The highest BCUT2D eigenvalue weighted by Gasteiger charge is 2.26. The van der Waals surface area contributed by atoms with Gasteiger partial charge in [-0.1, -0.05) is 60.7 Å². The third-order valence-corrected chi connectivity index (χ3v) is 7.90. The van der Waals surface area contributed by atoms with E-state index in [9.17, 15) is 9.90 Å². The van der Waals surface area contributed by atoms with Crippen LogP contribution in [0, 0.1) is 0 Å². The highest BCUT2D eigenvalue weighted by atomic mass is 16.5. The second kappa shape index (κ2) is 12.4. The lowest BCUT2D eigenvalue weighted by Crippen LogP contribution is -2.45. The smallest absolute Gasteiger partial charge is 0.407 e. The minimum Gasteiger partial charge on any atom is -0.473 e. The molecule has 1 fully saturated rings. The molecular formula is C33H34N6O4. The van der Waals surface area contributed by atoms with Crippen LogP contribution in [-0.4, -0.2) is 62.0 Å². The van der Waals surface area contributed by atoms with Gasteiger partial charge in [-0.25, -0.2) is 9.78 Å². The Hall–Kier alpha value is -5.12. The maximum Gasteiger partial charge on any atom is 0.407 e. The summed E-state index contributed by atoms with van der Waals surface area (Å²) in [5.41, 5.74) is 4.49. The first-order valence-corrected chi connectivity index (χ1v) is 14.3. The fraction of sp³-hybridized carbons (Fsp3) is 0.273. The van der Waals surface area contributed by atoms with Gasteiger partial charge in [0.15, 0.2) is 0 Å². The summed E-state index contributed by atoms with van der Waals surface area (Å²) in [5, 5.41) is 15.1. The molecule has 0 atom stereocenters. The van der Waals surface area contributed by atoms with Crippen LogP contribution in [0.1, 0.15) is 24.0 Å². The monoisotopic (exact) mass is 578 g/mol. The number of pyridine rings is 2. The predicted octanol–water partition coefficient (Wildman–Crippen LogP) is 5.77. The Balaban J connectivity index is 1.27. The maximum atomic E-state index is 11.4. The van der Waals surface area contributed by atoms with Gasteiger partial charge in [-0.05, 0) is 30.0 Å². The lowest BCUT2D eigenvalue weighted by atomic mass is 10.0. The van der Waals surface area contributed by atoms with Gasteiger partial charge in [0, 0.05) is 56.9 Å². The fourth-order valence-electron chi connectivity index (χ4n) is 5.40. The summed E-state index contributed by atoms with van der Waals surface area (Å²) >= 11 is 0. The molecule has 1 aliphatic heterocycles. The van der Waals surface area contributed by atoms with Gasteiger partial charge in [-0.2, -0.15) is 10.1 Å². The van der Waals surface area contributed by atoms with E-state index in [1.807, 2.05) is 96.8 Å². The van der Waals surface area contributed by atoms with E-state index >= 15 is 0 Å². The SMILES string of the molecule is CN(C(=O)O)C1CCN(c2cc3c(cn2)c(-c2ccc(OCc4ccccc4)nc2OCc2ccccc2)nn3C)CC1. The van der Waals surface area contributed by atoms with Gasteiger partial charge >= 0.3 is 6.09 Å². The first-order chi connectivity index (χ1) is 21.0. The number of ether oxygens (including phenoxy) is 2. The summed E-state index contributed by atoms with van der Waals surface area (Å²) in [6, 6.07) is 25.8. The molecule has 1 N–H and O–H groups in total. The molecule has 10 nitrogen and oxygen atoms in total. The molecule has 0 saturated carbocycles. The van der Waals surface area contributed by atoms with Gasteiger partial charge in [0.25, 0.3) is 0 Å². The molecular weight excluding hydrogens is 544 g/mol. The van der Waals surface area contributed by atoms with Crippen LogP contribution in [0.3, 0.4) is 0 Å². The number of hydrogen-bond acceptors (Lipinski definition) is 7. The summed E-state index contributed by atoms with van der Waals surface area (Å²) in [6.45, 7) is 2.21. The lowest BCUT2D eigenvalue weighted by Gasteiger charge is -2.36. The molecule has 0 aliphatic carbocycles. The Morgan fingerprint density at radius 3 is 2.26 bits per heavy atom. The van der Waals surface area contributed by atoms with E-state index in [-0.39, 0.29) is 6.04 Å². The first kappa shape index (κ1) is 28.0. The lowest BCUT2D eigenvalue weighted by molar-refractivity contribution is 0.131. The van der Waals surface area contributed by atoms with E-state index in [4.69, 9.17) is 24.5 Å². The number of nitrogens with zero attached hydrogens (tertiary/aromatic N) is 6. The van der Waals surface area contributed by atoms with E-state index in [0.717, 1.165) is 65.0 Å². The third-order valence-electron chi connectivity index (χ3n) is 7.90. The molecule has 43 heavy (non-hydrogen) atoms. The molecule has 6 rings (SSSR count). The molecule has 220 valence electrons. The minimum absolute atomic E-state index is 0.0160. The van der Waals surface area contributed by atoms with Gasteiger partial charge < -0.3 is 24.4 Å². The van der Waals surface area contributed by atoms with Crippen molar-refractivity contribution in [2.45, 2.75) is 32.1 Å². The molecule has 3 aromatic heterocycles. The van der Waals surface area contributed by atoms with E-state index in [0.29, 0.717) is 25.0 Å². The number of hydrogen-bond donors (Lipinski definition) is 1. The molecule has 5 aromatic rings. The number of anilines is 1. The summed E-state index contributed by atoms with van der Waals surface area (Å²) in [4.78, 5) is 24.5. The zero-order chi connectivity index (χ0) is 29.8. The third kappa shape index (κ3) is 6.23. The number of carbonyl (C=O) groups is 1. The van der Waals surface area contributed by atoms with E-state index in [1.165, 1.54) is 4.90 Å². The average Bonchev–Trinajstić information content (AvgIpc) is 3.38. The molecule has 0 spiro atoms. The summed E-state index contributed by atoms with van der Waals surface area (Å²) < 4.78 is 14.1. The van der Waals surface area contributed by atoms with Crippen molar-refractivity contribution in [1.29, 1.82) is 0 Å². The van der Waals surface area contributed by atoms with Crippen molar-refractivity contribution in [3.63, 3.8) is 0 Å². The van der Waals surface area contributed by atoms with Crippen molar-refractivity contribution in [1.82, 2.24) is 24.6 Å². The zero-order valence-electron chi connectivity index (χ0n) is 24.3. The Labute approximate surface area is 250 Å². The van der Waals surface area contributed by atoms with Crippen LogP contribution in [0.15, 0.2) is 85.1 Å². The number of amides is 1. The van der Waals surface area contributed by atoms with E-state index < -0.39 is 6.09 Å².